The molecule has 112 valence electrons. The predicted molar refractivity (Wildman–Crippen MR) is 77.6 cm³/mol. The molecular weight excluding hydrogens is 273 g/mol. The van der Waals surface area contributed by atoms with Gasteiger partial charge in [0.15, 0.2) is 0 Å². The highest BCUT2D eigenvalue weighted by Gasteiger charge is 2.17. The van der Waals surface area contributed by atoms with Crippen LogP contribution in [0.5, 0.6) is 0 Å². The highest BCUT2D eigenvalue weighted by Crippen LogP contribution is 2.10. The summed E-state index contributed by atoms with van der Waals surface area (Å²) < 4.78 is 14.6. The molecule has 1 atom stereocenters. The summed E-state index contributed by atoms with van der Waals surface area (Å²) in [5, 5.41) is 10.4. The Balaban J connectivity index is 1.80. The Morgan fingerprint density at radius 1 is 1.29 bits per heavy atom. The number of likely N-dealkylation sites (tertiary alicyclic amines) is 1. The Morgan fingerprint density at radius 2 is 2.05 bits per heavy atom. The molecule has 1 N–H and O–H groups in total. The number of aromatic nitrogens is 2. The number of β-amino-alcohol motifs (C(OH)–C–C–N with tert-alkyl or cyclic N) is 1. The van der Waals surface area contributed by atoms with Crippen molar-refractivity contribution in [2.45, 2.75) is 25.5 Å². The van der Waals surface area contributed by atoms with E-state index in [1.165, 1.54) is 29.1 Å². The monoisotopic (exact) mass is 291 g/mol. The van der Waals surface area contributed by atoms with Crippen molar-refractivity contribution in [3.05, 3.63) is 40.7 Å². The van der Waals surface area contributed by atoms with E-state index < -0.39 is 11.9 Å². The molecule has 0 spiro atoms. The van der Waals surface area contributed by atoms with Crippen LogP contribution in [0.25, 0.3) is 10.9 Å². The number of rotatable bonds is 4. The maximum absolute atomic E-state index is 13.2. The number of nitrogens with zero attached hydrogens (tertiary/aromatic N) is 3. The van der Waals surface area contributed by atoms with Crippen LogP contribution < -0.4 is 5.56 Å². The number of aliphatic hydroxyl groups is 1. The maximum atomic E-state index is 13.2. The fourth-order valence-corrected chi connectivity index (χ4v) is 2.81. The van der Waals surface area contributed by atoms with Crippen molar-refractivity contribution in [2.24, 2.45) is 0 Å². The van der Waals surface area contributed by atoms with Crippen LogP contribution in [-0.2, 0) is 6.54 Å². The van der Waals surface area contributed by atoms with Gasteiger partial charge in [-0.25, -0.2) is 9.37 Å². The van der Waals surface area contributed by atoms with Gasteiger partial charge in [0.05, 0.1) is 29.9 Å². The SMILES string of the molecule is O=c1c2cc(F)ccc2ncn1CC(O)CN1CCCC1. The van der Waals surface area contributed by atoms with E-state index in [0.29, 0.717) is 12.1 Å². The van der Waals surface area contributed by atoms with Crippen LogP contribution in [0.3, 0.4) is 0 Å². The average molecular weight is 291 g/mol. The lowest BCUT2D eigenvalue weighted by atomic mass is 10.2. The lowest BCUT2D eigenvalue weighted by Gasteiger charge is -2.19. The molecule has 0 amide bonds. The number of hydrogen-bond acceptors (Lipinski definition) is 4. The largest absolute Gasteiger partial charge is 0.390 e. The standard InChI is InChI=1S/C15H18FN3O2/c16-11-3-4-14-13(7-11)15(21)19(10-17-14)9-12(20)8-18-5-1-2-6-18/h3-4,7,10,12,20H,1-2,5-6,8-9H2. The number of fused-ring (bicyclic) bond motifs is 1. The van der Waals surface area contributed by atoms with Crippen molar-refractivity contribution in [2.75, 3.05) is 19.6 Å². The third-order valence-corrected chi connectivity index (χ3v) is 3.86. The summed E-state index contributed by atoms with van der Waals surface area (Å²) in [5.41, 5.74) is 0.145. The Labute approximate surface area is 121 Å². The molecule has 0 aliphatic carbocycles. The van der Waals surface area contributed by atoms with Gasteiger partial charge in [0.2, 0.25) is 0 Å². The maximum Gasteiger partial charge on any atom is 0.261 e. The van der Waals surface area contributed by atoms with Crippen LogP contribution in [0.2, 0.25) is 0 Å². The molecular formula is C15H18FN3O2. The van der Waals surface area contributed by atoms with Crippen LogP contribution in [0.4, 0.5) is 4.39 Å². The van der Waals surface area contributed by atoms with Gasteiger partial charge in [0.1, 0.15) is 5.82 Å². The first-order chi connectivity index (χ1) is 10.1. The summed E-state index contributed by atoms with van der Waals surface area (Å²) in [5.74, 6) is -0.461. The molecule has 2 aromatic rings. The molecule has 0 radical (unpaired) electrons. The first-order valence-corrected chi connectivity index (χ1v) is 7.18. The third kappa shape index (κ3) is 3.11. The summed E-state index contributed by atoms with van der Waals surface area (Å²) in [6, 6.07) is 3.95. The van der Waals surface area contributed by atoms with Gasteiger partial charge in [0, 0.05) is 6.54 Å². The molecule has 1 saturated heterocycles. The van der Waals surface area contributed by atoms with E-state index in [9.17, 15) is 14.3 Å². The number of aliphatic hydroxyl groups excluding tert-OH is 1. The third-order valence-electron chi connectivity index (χ3n) is 3.86. The van der Waals surface area contributed by atoms with Crippen molar-refractivity contribution < 1.29 is 9.50 Å². The molecule has 1 aromatic carbocycles. The molecule has 0 bridgehead atoms. The molecule has 1 fully saturated rings. The average Bonchev–Trinajstić information content (AvgIpc) is 2.95. The van der Waals surface area contributed by atoms with Crippen molar-refractivity contribution >= 4 is 10.9 Å². The molecule has 1 aromatic heterocycles. The van der Waals surface area contributed by atoms with Crippen molar-refractivity contribution in [1.29, 1.82) is 0 Å². The van der Waals surface area contributed by atoms with E-state index >= 15 is 0 Å². The Morgan fingerprint density at radius 3 is 2.81 bits per heavy atom. The highest BCUT2D eigenvalue weighted by atomic mass is 19.1. The van der Waals surface area contributed by atoms with Crippen LogP contribution >= 0.6 is 0 Å². The summed E-state index contributed by atoms with van der Waals surface area (Å²) in [6.07, 6.45) is 3.09. The number of halogens is 1. The van der Waals surface area contributed by atoms with Crippen LogP contribution in [-0.4, -0.2) is 45.3 Å². The zero-order valence-corrected chi connectivity index (χ0v) is 11.7. The van der Waals surface area contributed by atoms with Crippen LogP contribution in [0.15, 0.2) is 29.3 Å². The summed E-state index contributed by atoms with van der Waals surface area (Å²) in [4.78, 5) is 18.6. The minimum atomic E-state index is -0.631. The summed E-state index contributed by atoms with van der Waals surface area (Å²) in [6.45, 7) is 2.71. The van der Waals surface area contributed by atoms with Crippen LogP contribution in [0, 0.1) is 5.82 Å². The zero-order valence-electron chi connectivity index (χ0n) is 11.7. The second-order valence-corrected chi connectivity index (χ2v) is 5.53. The van der Waals surface area contributed by atoms with E-state index in [-0.39, 0.29) is 17.5 Å². The van der Waals surface area contributed by atoms with Crippen molar-refractivity contribution in [3.63, 3.8) is 0 Å². The molecule has 5 nitrogen and oxygen atoms in total. The quantitative estimate of drug-likeness (QED) is 0.913. The molecule has 1 aliphatic heterocycles. The van der Waals surface area contributed by atoms with E-state index in [2.05, 4.69) is 9.88 Å². The molecule has 1 unspecified atom stereocenters. The summed E-state index contributed by atoms with van der Waals surface area (Å²) >= 11 is 0. The molecule has 1 aliphatic rings. The first kappa shape index (κ1) is 14.2. The fraction of sp³-hybridized carbons (Fsp3) is 0.467. The molecule has 0 saturated carbocycles. The summed E-state index contributed by atoms with van der Waals surface area (Å²) in [7, 11) is 0. The van der Waals surface area contributed by atoms with Gasteiger partial charge >= 0.3 is 0 Å². The topological polar surface area (TPSA) is 58.4 Å². The number of benzene rings is 1. The minimum absolute atomic E-state index is 0.175. The molecule has 2 heterocycles. The van der Waals surface area contributed by atoms with Gasteiger partial charge < -0.3 is 10.0 Å². The lowest BCUT2D eigenvalue weighted by molar-refractivity contribution is 0.108. The van der Waals surface area contributed by atoms with Crippen molar-refractivity contribution in [1.82, 2.24) is 14.5 Å². The Kier molecular flexibility index (Phi) is 3.98. The van der Waals surface area contributed by atoms with Gasteiger partial charge in [-0.1, -0.05) is 0 Å². The Bertz CT molecular complexity index is 695. The van der Waals surface area contributed by atoms with Crippen molar-refractivity contribution in [3.8, 4) is 0 Å². The second-order valence-electron chi connectivity index (χ2n) is 5.53. The Hall–Kier alpha value is -1.79. The molecule has 3 rings (SSSR count). The highest BCUT2D eigenvalue weighted by molar-refractivity contribution is 5.77. The van der Waals surface area contributed by atoms with E-state index in [4.69, 9.17) is 0 Å². The van der Waals surface area contributed by atoms with E-state index in [0.717, 1.165) is 25.9 Å². The van der Waals surface area contributed by atoms with Gasteiger partial charge in [-0.05, 0) is 44.1 Å². The second kappa shape index (κ2) is 5.91. The van der Waals surface area contributed by atoms with E-state index in [1.54, 1.807) is 0 Å². The fourth-order valence-electron chi connectivity index (χ4n) is 2.81. The van der Waals surface area contributed by atoms with Gasteiger partial charge in [0.25, 0.3) is 5.56 Å². The minimum Gasteiger partial charge on any atom is -0.390 e. The first-order valence-electron chi connectivity index (χ1n) is 7.18. The number of hydrogen-bond donors (Lipinski definition) is 1. The van der Waals surface area contributed by atoms with Gasteiger partial charge in [-0.15, -0.1) is 0 Å². The normalized spacial score (nSPS) is 17.4. The van der Waals surface area contributed by atoms with Gasteiger partial charge in [-0.2, -0.15) is 0 Å². The molecule has 21 heavy (non-hydrogen) atoms. The van der Waals surface area contributed by atoms with Crippen LogP contribution in [0.1, 0.15) is 12.8 Å². The zero-order chi connectivity index (χ0) is 14.8. The molecule has 6 heteroatoms. The smallest absolute Gasteiger partial charge is 0.261 e. The lowest BCUT2D eigenvalue weighted by Crippen LogP contribution is -2.35. The van der Waals surface area contributed by atoms with E-state index in [1.807, 2.05) is 0 Å². The predicted octanol–water partition coefficient (Wildman–Crippen LogP) is 0.992. The van der Waals surface area contributed by atoms with Gasteiger partial charge in [-0.3, -0.25) is 9.36 Å².